The number of hydrogen-bond donors (Lipinski definition) is 1. The van der Waals surface area contributed by atoms with Crippen LogP contribution in [-0.4, -0.2) is 36.7 Å². The topological polar surface area (TPSA) is 82.9 Å². The first kappa shape index (κ1) is 22.6. The number of carbonyl (C=O) groups is 1. The largest absolute Gasteiger partial charge is 0.467 e. The second-order valence-corrected chi connectivity index (χ2v) is 10.8. The Hall–Kier alpha value is -2.62. The van der Waals surface area contributed by atoms with Gasteiger partial charge in [-0.3, -0.25) is 0 Å². The molecule has 1 aromatic carbocycles. The van der Waals surface area contributed by atoms with Crippen molar-refractivity contribution in [1.82, 2.24) is 14.5 Å². The summed E-state index contributed by atoms with van der Waals surface area (Å²) < 4.78 is 32.6. The van der Waals surface area contributed by atoms with E-state index in [0.29, 0.717) is 43.4 Å². The highest BCUT2D eigenvalue weighted by Crippen LogP contribution is 2.21. The molecule has 3 aromatic rings. The number of nitrogens with zero attached hydrogens (tertiary/aromatic N) is 2. The lowest BCUT2D eigenvalue weighted by molar-refractivity contribution is 0.187. The summed E-state index contributed by atoms with van der Waals surface area (Å²) in [6.07, 6.45) is 4.48. The van der Waals surface area contributed by atoms with Gasteiger partial charge in [0.05, 0.1) is 24.2 Å². The van der Waals surface area contributed by atoms with E-state index < -0.39 is 10.0 Å². The molecule has 0 unspecified atom stereocenters. The van der Waals surface area contributed by atoms with Gasteiger partial charge >= 0.3 is 6.03 Å². The number of rotatable bonds is 8. The standard InChI is InChI=1S/C23H27N3O4S2/c27-23(25(17-20-6-4-14-30-20)18-21-7-5-15-31-21)24-16-19-8-10-22(11-9-19)32(28,29)26-12-2-1-3-13-26/h4-11,14-15H,1-3,12-13,16-18H2,(H,24,27). The third kappa shape index (κ3) is 5.59. The summed E-state index contributed by atoms with van der Waals surface area (Å²) in [5, 5.41) is 4.92. The second kappa shape index (κ2) is 10.3. The summed E-state index contributed by atoms with van der Waals surface area (Å²) in [5.74, 6) is 0.712. The van der Waals surface area contributed by atoms with E-state index in [9.17, 15) is 13.2 Å². The molecule has 1 N–H and O–H groups in total. The molecule has 1 aliphatic heterocycles. The zero-order valence-corrected chi connectivity index (χ0v) is 19.4. The van der Waals surface area contributed by atoms with Gasteiger partial charge in [-0.2, -0.15) is 4.31 Å². The van der Waals surface area contributed by atoms with Crippen LogP contribution < -0.4 is 5.32 Å². The molecule has 32 heavy (non-hydrogen) atoms. The Morgan fingerprint density at radius 3 is 2.47 bits per heavy atom. The normalized spacial score (nSPS) is 14.9. The van der Waals surface area contributed by atoms with Gasteiger partial charge in [0.25, 0.3) is 0 Å². The van der Waals surface area contributed by atoms with Gasteiger partial charge in [-0.05, 0) is 54.1 Å². The Morgan fingerprint density at radius 1 is 1.03 bits per heavy atom. The van der Waals surface area contributed by atoms with E-state index >= 15 is 0 Å². The van der Waals surface area contributed by atoms with E-state index in [4.69, 9.17) is 4.42 Å². The Kier molecular flexibility index (Phi) is 7.29. The molecule has 0 atom stereocenters. The number of amides is 2. The number of nitrogens with one attached hydrogen (secondary N) is 1. The average molecular weight is 474 g/mol. The fourth-order valence-corrected chi connectivity index (χ4v) is 5.94. The highest BCUT2D eigenvalue weighted by Gasteiger charge is 2.25. The molecule has 2 aromatic heterocycles. The lowest BCUT2D eigenvalue weighted by Crippen LogP contribution is -2.38. The molecule has 3 heterocycles. The molecule has 0 bridgehead atoms. The van der Waals surface area contributed by atoms with Crippen LogP contribution in [0.5, 0.6) is 0 Å². The van der Waals surface area contributed by atoms with Crippen LogP contribution in [0, 0.1) is 0 Å². The lowest BCUT2D eigenvalue weighted by atomic mass is 10.2. The monoisotopic (exact) mass is 473 g/mol. The van der Waals surface area contributed by atoms with Crippen LogP contribution in [0.1, 0.15) is 35.5 Å². The number of thiophene rings is 1. The minimum Gasteiger partial charge on any atom is -0.467 e. The van der Waals surface area contributed by atoms with Crippen molar-refractivity contribution in [2.75, 3.05) is 13.1 Å². The van der Waals surface area contributed by atoms with E-state index in [1.165, 1.54) is 0 Å². The summed E-state index contributed by atoms with van der Waals surface area (Å²) >= 11 is 1.60. The maximum Gasteiger partial charge on any atom is 0.318 e. The summed E-state index contributed by atoms with van der Waals surface area (Å²) in [7, 11) is -3.45. The zero-order chi connectivity index (χ0) is 22.4. The maximum absolute atomic E-state index is 12.9. The zero-order valence-electron chi connectivity index (χ0n) is 17.8. The quantitative estimate of drug-likeness (QED) is 0.525. The van der Waals surface area contributed by atoms with Gasteiger partial charge in [0.2, 0.25) is 10.0 Å². The third-order valence-electron chi connectivity index (χ3n) is 5.46. The van der Waals surface area contributed by atoms with Crippen LogP contribution in [0.2, 0.25) is 0 Å². The molecule has 1 fully saturated rings. The fraction of sp³-hybridized carbons (Fsp3) is 0.348. The molecular weight excluding hydrogens is 446 g/mol. The first-order chi connectivity index (χ1) is 15.5. The number of piperidine rings is 1. The molecule has 1 aliphatic rings. The minimum atomic E-state index is -3.45. The summed E-state index contributed by atoms with van der Waals surface area (Å²) in [4.78, 5) is 16.0. The van der Waals surface area contributed by atoms with Crippen molar-refractivity contribution in [3.05, 3.63) is 76.4 Å². The molecule has 0 radical (unpaired) electrons. The number of sulfonamides is 1. The molecule has 1 saturated heterocycles. The molecule has 0 aliphatic carbocycles. The van der Waals surface area contributed by atoms with Gasteiger partial charge in [0, 0.05) is 24.5 Å². The number of hydrogen-bond acceptors (Lipinski definition) is 5. The van der Waals surface area contributed by atoms with Crippen molar-refractivity contribution in [3.63, 3.8) is 0 Å². The molecule has 170 valence electrons. The molecule has 2 amide bonds. The summed E-state index contributed by atoms with van der Waals surface area (Å²) in [5.41, 5.74) is 0.838. The van der Waals surface area contributed by atoms with Gasteiger partial charge < -0.3 is 14.6 Å². The van der Waals surface area contributed by atoms with Crippen LogP contribution in [0.15, 0.2) is 69.5 Å². The van der Waals surface area contributed by atoms with E-state index in [0.717, 1.165) is 29.7 Å². The minimum absolute atomic E-state index is 0.209. The lowest BCUT2D eigenvalue weighted by Gasteiger charge is -2.26. The summed E-state index contributed by atoms with van der Waals surface area (Å²) in [6, 6.07) is 14.2. The fourth-order valence-electron chi connectivity index (χ4n) is 3.70. The summed E-state index contributed by atoms with van der Waals surface area (Å²) in [6.45, 7) is 2.31. The van der Waals surface area contributed by atoms with E-state index in [1.54, 1.807) is 57.1 Å². The van der Waals surface area contributed by atoms with Crippen LogP contribution in [0.25, 0.3) is 0 Å². The first-order valence-corrected chi connectivity index (χ1v) is 13.0. The second-order valence-electron chi connectivity index (χ2n) is 7.78. The number of benzene rings is 1. The average Bonchev–Trinajstić information content (AvgIpc) is 3.52. The van der Waals surface area contributed by atoms with Crippen molar-refractivity contribution < 1.29 is 17.6 Å². The Balaban J connectivity index is 1.38. The van der Waals surface area contributed by atoms with Gasteiger partial charge in [-0.15, -0.1) is 11.3 Å². The number of urea groups is 1. The van der Waals surface area contributed by atoms with Gasteiger partial charge in [0.15, 0.2) is 0 Å². The highest BCUT2D eigenvalue weighted by atomic mass is 32.2. The van der Waals surface area contributed by atoms with E-state index in [2.05, 4.69) is 5.32 Å². The van der Waals surface area contributed by atoms with Crippen LogP contribution in [-0.2, 0) is 29.7 Å². The first-order valence-electron chi connectivity index (χ1n) is 10.7. The van der Waals surface area contributed by atoms with Gasteiger partial charge in [0.1, 0.15) is 5.76 Å². The molecule has 0 saturated carbocycles. The highest BCUT2D eigenvalue weighted by molar-refractivity contribution is 7.89. The number of carbonyl (C=O) groups excluding carboxylic acids is 1. The van der Waals surface area contributed by atoms with Crippen molar-refractivity contribution in [3.8, 4) is 0 Å². The molecule has 7 nitrogen and oxygen atoms in total. The molecule has 9 heteroatoms. The van der Waals surface area contributed by atoms with Crippen LogP contribution >= 0.6 is 11.3 Å². The Morgan fingerprint density at radius 2 is 1.81 bits per heavy atom. The predicted molar refractivity (Wildman–Crippen MR) is 124 cm³/mol. The van der Waals surface area contributed by atoms with Gasteiger partial charge in [-0.25, -0.2) is 13.2 Å². The van der Waals surface area contributed by atoms with Crippen LogP contribution in [0.4, 0.5) is 4.79 Å². The molecule has 4 rings (SSSR count). The van der Waals surface area contributed by atoms with Gasteiger partial charge in [-0.1, -0.05) is 24.6 Å². The SMILES string of the molecule is O=C(NCc1ccc(S(=O)(=O)N2CCCCC2)cc1)N(Cc1ccco1)Cc1cccs1. The smallest absolute Gasteiger partial charge is 0.318 e. The third-order valence-corrected chi connectivity index (χ3v) is 8.23. The Bertz CT molecular complexity index is 1050. The predicted octanol–water partition coefficient (Wildman–Crippen LogP) is 4.43. The van der Waals surface area contributed by atoms with Crippen molar-refractivity contribution in [1.29, 1.82) is 0 Å². The van der Waals surface area contributed by atoms with Crippen molar-refractivity contribution in [2.45, 2.75) is 43.8 Å². The Labute approximate surface area is 192 Å². The molecular formula is C23H27N3O4S2. The molecule has 0 spiro atoms. The van der Waals surface area contributed by atoms with E-state index in [1.807, 2.05) is 23.6 Å². The van der Waals surface area contributed by atoms with E-state index in [-0.39, 0.29) is 6.03 Å². The number of furan rings is 1. The van der Waals surface area contributed by atoms with Crippen molar-refractivity contribution >= 4 is 27.4 Å². The maximum atomic E-state index is 12.9. The van der Waals surface area contributed by atoms with Crippen LogP contribution in [0.3, 0.4) is 0 Å². The van der Waals surface area contributed by atoms with Crippen molar-refractivity contribution in [2.24, 2.45) is 0 Å².